The van der Waals surface area contributed by atoms with E-state index in [1.165, 1.54) is 24.3 Å². The Labute approximate surface area is 155 Å². The van der Waals surface area contributed by atoms with Gasteiger partial charge in [0.25, 0.3) is 0 Å². The van der Waals surface area contributed by atoms with Crippen LogP contribution < -0.4 is 0 Å². The molecule has 0 nitrogen and oxygen atoms in total. The average Bonchev–Trinajstić information content (AvgIpc) is 2.54. The van der Waals surface area contributed by atoms with Crippen molar-refractivity contribution in [3.05, 3.63) is 83.6 Å². The van der Waals surface area contributed by atoms with Crippen molar-refractivity contribution < 1.29 is 47.4 Å². The molecule has 0 radical (unpaired) electrons. The SMILES string of the molecule is [C-]#Cc1ccc(C(F)(F)F)cc1.[C-]#Cc1ccc(C(F)(F)F)cc1.[Pt+2]. The van der Waals surface area contributed by atoms with Crippen molar-refractivity contribution in [2.75, 3.05) is 0 Å². The molecule has 0 saturated heterocycles. The zero-order chi connectivity index (χ0) is 18.4. The molecule has 0 N–H and O–H groups in total. The Kier molecular flexibility index (Phi) is 8.54. The first-order valence-corrected chi connectivity index (χ1v) is 6.28. The van der Waals surface area contributed by atoms with Gasteiger partial charge < -0.3 is 12.8 Å². The molecule has 0 fully saturated rings. The third-order valence-corrected chi connectivity index (χ3v) is 2.71. The van der Waals surface area contributed by atoms with Gasteiger partial charge in [0.15, 0.2) is 0 Å². The number of hydrogen-bond acceptors (Lipinski definition) is 0. The van der Waals surface area contributed by atoms with Crippen molar-refractivity contribution in [1.82, 2.24) is 0 Å². The van der Waals surface area contributed by atoms with Gasteiger partial charge in [0.05, 0.1) is 11.1 Å². The van der Waals surface area contributed by atoms with Gasteiger partial charge in [-0.15, -0.1) is 35.4 Å². The molecule has 2 aromatic rings. The molecular formula is C18H8F6Pt. The molecule has 0 spiro atoms. The largest absolute Gasteiger partial charge is 2.00 e. The fourth-order valence-corrected chi connectivity index (χ4v) is 1.49. The molecule has 2 rings (SSSR count). The summed E-state index contributed by atoms with van der Waals surface area (Å²) in [5.41, 5.74) is -0.742. The molecule has 0 aliphatic carbocycles. The van der Waals surface area contributed by atoms with Gasteiger partial charge in [-0.3, -0.25) is 11.8 Å². The number of alkyl halides is 6. The van der Waals surface area contributed by atoms with Gasteiger partial charge in [-0.2, -0.15) is 26.3 Å². The Morgan fingerprint density at radius 3 is 0.960 bits per heavy atom. The Morgan fingerprint density at radius 2 is 0.800 bits per heavy atom. The van der Waals surface area contributed by atoms with Crippen LogP contribution in [0.1, 0.15) is 22.3 Å². The molecule has 0 atom stereocenters. The standard InChI is InChI=1S/2C9H4F3.Pt/c2*1-2-7-3-5-8(6-4-7)9(10,11)12;/h2*3-6H;/q2*-1;+2. The first-order chi connectivity index (χ1) is 11.1. The molecule has 7 heteroatoms. The van der Waals surface area contributed by atoms with Gasteiger partial charge in [-0.05, 0) is 0 Å². The molecule has 0 unspecified atom stereocenters. The molecule has 132 valence electrons. The summed E-state index contributed by atoms with van der Waals surface area (Å²) in [5.74, 6) is 3.98. The summed E-state index contributed by atoms with van der Waals surface area (Å²) >= 11 is 0. The first-order valence-electron chi connectivity index (χ1n) is 6.28. The van der Waals surface area contributed by atoms with Crippen molar-refractivity contribution in [2.24, 2.45) is 0 Å². The maximum Gasteiger partial charge on any atom is 2.00 e. The second-order valence-corrected chi connectivity index (χ2v) is 4.40. The zero-order valence-electron chi connectivity index (χ0n) is 12.2. The van der Waals surface area contributed by atoms with Gasteiger partial charge >= 0.3 is 33.4 Å². The molecule has 2 aromatic carbocycles. The molecule has 0 aromatic heterocycles. The minimum atomic E-state index is -4.31. The molecule has 0 amide bonds. The maximum atomic E-state index is 12.0. The van der Waals surface area contributed by atoms with Crippen molar-refractivity contribution >= 4 is 0 Å². The van der Waals surface area contributed by atoms with E-state index in [0.29, 0.717) is 11.1 Å². The second kappa shape index (κ2) is 9.35. The molecule has 0 bridgehead atoms. The van der Waals surface area contributed by atoms with E-state index in [1.54, 1.807) is 0 Å². The summed E-state index contributed by atoms with van der Waals surface area (Å²) in [5, 5.41) is 0. The summed E-state index contributed by atoms with van der Waals surface area (Å²) in [6.07, 6.45) is 4.67. The van der Waals surface area contributed by atoms with Crippen LogP contribution >= 0.6 is 0 Å². The summed E-state index contributed by atoms with van der Waals surface area (Å²) in [6.45, 7) is 0. The fourth-order valence-electron chi connectivity index (χ4n) is 1.49. The van der Waals surface area contributed by atoms with Crippen molar-refractivity contribution in [2.45, 2.75) is 12.4 Å². The van der Waals surface area contributed by atoms with Crippen molar-refractivity contribution in [3.8, 4) is 11.8 Å². The van der Waals surface area contributed by atoms with E-state index in [1.807, 2.05) is 11.8 Å². The smallest absolute Gasteiger partial charge is 0.366 e. The Hall–Kier alpha value is -2.17. The zero-order valence-corrected chi connectivity index (χ0v) is 14.5. The van der Waals surface area contributed by atoms with Crippen LogP contribution in [0.3, 0.4) is 0 Å². The third kappa shape index (κ3) is 7.50. The van der Waals surface area contributed by atoms with E-state index in [-0.39, 0.29) is 21.1 Å². The average molecular weight is 533 g/mol. The summed E-state index contributed by atoms with van der Waals surface area (Å²) in [6, 6.07) is 8.53. The molecule has 0 heterocycles. The van der Waals surface area contributed by atoms with Gasteiger partial charge in [0.2, 0.25) is 0 Å². The minimum absolute atomic E-state index is 0. The second-order valence-electron chi connectivity index (χ2n) is 4.40. The monoisotopic (exact) mass is 533 g/mol. The number of rotatable bonds is 0. The normalized spacial score (nSPS) is 10.4. The van der Waals surface area contributed by atoms with Gasteiger partial charge in [-0.25, -0.2) is 0 Å². The van der Waals surface area contributed by atoms with Crippen LogP contribution in [-0.2, 0) is 33.4 Å². The van der Waals surface area contributed by atoms with Crippen molar-refractivity contribution in [3.63, 3.8) is 0 Å². The Balaban J connectivity index is 0.000000443. The molecule has 0 aliphatic rings. The molecule has 0 saturated carbocycles. The van der Waals surface area contributed by atoms with Crippen LogP contribution in [0.2, 0.25) is 0 Å². The van der Waals surface area contributed by atoms with Crippen LogP contribution in [0.5, 0.6) is 0 Å². The fraction of sp³-hybridized carbons (Fsp3) is 0.111. The van der Waals surface area contributed by atoms with E-state index < -0.39 is 23.5 Å². The van der Waals surface area contributed by atoms with E-state index in [4.69, 9.17) is 12.8 Å². The number of benzene rings is 2. The number of hydrogen-bond donors (Lipinski definition) is 0. The molecule has 25 heavy (non-hydrogen) atoms. The van der Waals surface area contributed by atoms with Crippen LogP contribution in [0, 0.1) is 24.7 Å². The van der Waals surface area contributed by atoms with Crippen LogP contribution in [0.15, 0.2) is 48.5 Å². The van der Waals surface area contributed by atoms with E-state index in [9.17, 15) is 26.3 Å². The molecule has 0 aliphatic heterocycles. The Bertz CT molecular complexity index is 674. The maximum absolute atomic E-state index is 12.0. The molecular weight excluding hydrogens is 525 g/mol. The first kappa shape index (κ1) is 22.8. The topological polar surface area (TPSA) is 0 Å². The van der Waals surface area contributed by atoms with Crippen LogP contribution in [0.4, 0.5) is 26.3 Å². The summed E-state index contributed by atoms with van der Waals surface area (Å²) in [4.78, 5) is 0. The van der Waals surface area contributed by atoms with Gasteiger partial charge in [0, 0.05) is 0 Å². The quantitative estimate of drug-likeness (QED) is 0.246. The van der Waals surface area contributed by atoms with Crippen molar-refractivity contribution in [1.29, 1.82) is 0 Å². The predicted octanol–water partition coefficient (Wildman–Crippen LogP) is 5.28. The summed E-state index contributed by atoms with van der Waals surface area (Å²) < 4.78 is 71.7. The van der Waals surface area contributed by atoms with E-state index >= 15 is 0 Å². The third-order valence-electron chi connectivity index (χ3n) is 2.71. The van der Waals surface area contributed by atoms with Crippen LogP contribution in [-0.4, -0.2) is 0 Å². The summed E-state index contributed by atoms with van der Waals surface area (Å²) in [7, 11) is 0. The Morgan fingerprint density at radius 1 is 0.560 bits per heavy atom. The van der Waals surface area contributed by atoms with E-state index in [0.717, 1.165) is 24.3 Å². The van der Waals surface area contributed by atoms with E-state index in [2.05, 4.69) is 0 Å². The predicted molar refractivity (Wildman–Crippen MR) is 75.4 cm³/mol. The van der Waals surface area contributed by atoms with Gasteiger partial charge in [0.1, 0.15) is 0 Å². The van der Waals surface area contributed by atoms with Gasteiger partial charge in [-0.1, -0.05) is 24.3 Å². The minimum Gasteiger partial charge on any atom is -0.366 e. The number of halogens is 6. The van der Waals surface area contributed by atoms with Crippen LogP contribution in [0.25, 0.3) is 0 Å².